The van der Waals surface area contributed by atoms with Gasteiger partial charge in [-0.25, -0.2) is 4.98 Å². The van der Waals surface area contributed by atoms with Gasteiger partial charge in [0.05, 0.1) is 39.0 Å². The number of carbonyl (C=O) groups is 1. The van der Waals surface area contributed by atoms with Crippen LogP contribution in [0.25, 0.3) is 11.0 Å². The number of hydrogen-bond donors (Lipinski definition) is 2. The predicted octanol–water partition coefficient (Wildman–Crippen LogP) is 4.25. The van der Waals surface area contributed by atoms with E-state index < -0.39 is 10.2 Å². The van der Waals surface area contributed by atoms with Crippen molar-refractivity contribution in [3.05, 3.63) is 51.5 Å². The molecule has 0 bridgehead atoms. The number of hydrogen-bond acceptors (Lipinski definition) is 6. The molecule has 0 aliphatic carbocycles. The highest BCUT2D eigenvalue weighted by molar-refractivity contribution is 8.00. The molecule has 2 aromatic carbocycles. The molecule has 0 radical (unpaired) electrons. The molecule has 0 fully saturated rings. The number of aromatic nitrogens is 2. The first-order chi connectivity index (χ1) is 12.9. The number of thioether (sulfide) groups is 1. The zero-order valence-corrected chi connectivity index (χ0v) is 15.9. The molecular formula is C17H15ClN4O4S. The molecule has 0 saturated carbocycles. The Hall–Kier alpha value is -2.78. The number of carbonyl (C=O) groups excluding carboxylic acids is 1. The lowest BCUT2D eigenvalue weighted by atomic mass is 10.2. The number of ether oxygens (including phenoxy) is 1. The van der Waals surface area contributed by atoms with Gasteiger partial charge in [-0.3, -0.25) is 14.9 Å². The van der Waals surface area contributed by atoms with Crippen molar-refractivity contribution in [3.63, 3.8) is 0 Å². The number of H-pyrrole nitrogens is 1. The van der Waals surface area contributed by atoms with E-state index in [0.29, 0.717) is 16.6 Å². The van der Waals surface area contributed by atoms with Crippen molar-refractivity contribution in [2.75, 3.05) is 12.4 Å². The molecule has 27 heavy (non-hydrogen) atoms. The molecule has 10 heteroatoms. The Morgan fingerprint density at radius 1 is 1.37 bits per heavy atom. The number of nitrogens with one attached hydrogen (secondary N) is 2. The van der Waals surface area contributed by atoms with Gasteiger partial charge in [-0.15, -0.1) is 0 Å². The van der Waals surface area contributed by atoms with E-state index in [4.69, 9.17) is 16.3 Å². The molecule has 0 saturated heterocycles. The van der Waals surface area contributed by atoms with E-state index in [1.165, 1.54) is 30.0 Å². The van der Waals surface area contributed by atoms with Crippen LogP contribution in [-0.4, -0.2) is 33.2 Å². The molecule has 1 atom stereocenters. The maximum atomic E-state index is 12.4. The average Bonchev–Trinajstić information content (AvgIpc) is 3.04. The van der Waals surface area contributed by atoms with E-state index in [-0.39, 0.29) is 16.6 Å². The second kappa shape index (κ2) is 7.85. The number of benzene rings is 2. The van der Waals surface area contributed by atoms with Gasteiger partial charge in [0.2, 0.25) is 5.91 Å². The summed E-state index contributed by atoms with van der Waals surface area (Å²) < 4.78 is 5.18. The number of non-ortho nitro benzene ring substituents is 1. The number of nitrogens with zero attached hydrogens (tertiary/aromatic N) is 2. The standard InChI is InChI=1S/C17H15ClN4O4S/c1-9(16(23)19-13-5-3-10(22(24)25)7-12(13)18)27-17-20-14-6-4-11(26-2)8-15(14)21-17/h3-9H,1-2H3,(H,19,23)(H,20,21)/t9-/m0/s1. The van der Waals surface area contributed by atoms with Gasteiger partial charge in [-0.1, -0.05) is 23.4 Å². The van der Waals surface area contributed by atoms with Gasteiger partial charge in [-0.05, 0) is 25.1 Å². The monoisotopic (exact) mass is 406 g/mol. The Morgan fingerprint density at radius 3 is 2.81 bits per heavy atom. The Morgan fingerprint density at radius 2 is 2.15 bits per heavy atom. The maximum absolute atomic E-state index is 12.4. The molecule has 3 rings (SSSR count). The molecule has 0 aliphatic rings. The average molecular weight is 407 g/mol. The fraction of sp³-hybridized carbons (Fsp3) is 0.176. The summed E-state index contributed by atoms with van der Waals surface area (Å²) in [4.78, 5) is 30.2. The van der Waals surface area contributed by atoms with Crippen molar-refractivity contribution in [1.82, 2.24) is 9.97 Å². The molecule has 140 valence electrons. The molecule has 1 amide bonds. The van der Waals surface area contributed by atoms with Crippen molar-refractivity contribution in [1.29, 1.82) is 0 Å². The summed E-state index contributed by atoms with van der Waals surface area (Å²) in [6, 6.07) is 9.35. The van der Waals surface area contributed by atoms with E-state index in [9.17, 15) is 14.9 Å². The maximum Gasteiger partial charge on any atom is 0.271 e. The summed E-state index contributed by atoms with van der Waals surface area (Å²) in [5, 5.41) is 13.6. The SMILES string of the molecule is COc1ccc2nc(S[C@@H](C)C(=O)Nc3ccc([N+](=O)[O-])cc3Cl)[nH]c2c1. The Labute approximate surface area is 163 Å². The van der Waals surface area contributed by atoms with Gasteiger partial charge >= 0.3 is 0 Å². The minimum atomic E-state index is -0.549. The molecule has 3 aromatic rings. The number of fused-ring (bicyclic) bond motifs is 1. The molecule has 2 N–H and O–H groups in total. The second-order valence-electron chi connectivity index (χ2n) is 5.60. The minimum absolute atomic E-state index is 0.102. The molecule has 1 heterocycles. The first kappa shape index (κ1) is 19.0. The van der Waals surface area contributed by atoms with Crippen molar-refractivity contribution < 1.29 is 14.5 Å². The number of amides is 1. The van der Waals surface area contributed by atoms with Crippen molar-refractivity contribution in [3.8, 4) is 5.75 Å². The number of aromatic amines is 1. The van der Waals surface area contributed by atoms with Crippen molar-refractivity contribution in [2.45, 2.75) is 17.3 Å². The van der Waals surface area contributed by atoms with Gasteiger partial charge in [0.15, 0.2) is 5.16 Å². The van der Waals surface area contributed by atoms with Crippen LogP contribution in [0.1, 0.15) is 6.92 Å². The lowest BCUT2D eigenvalue weighted by molar-refractivity contribution is -0.384. The van der Waals surface area contributed by atoms with E-state index in [0.717, 1.165) is 11.0 Å². The predicted molar refractivity (Wildman–Crippen MR) is 105 cm³/mol. The van der Waals surface area contributed by atoms with Gasteiger partial charge in [0.25, 0.3) is 5.69 Å². The number of nitro groups is 1. The van der Waals surface area contributed by atoms with E-state index in [1.54, 1.807) is 14.0 Å². The topological polar surface area (TPSA) is 110 Å². The number of nitro benzene ring substituents is 1. The van der Waals surface area contributed by atoms with Crippen molar-refractivity contribution in [2.24, 2.45) is 0 Å². The van der Waals surface area contributed by atoms with Crippen molar-refractivity contribution >= 4 is 51.7 Å². The third kappa shape index (κ3) is 4.32. The summed E-state index contributed by atoms with van der Waals surface area (Å²) in [7, 11) is 1.59. The lowest BCUT2D eigenvalue weighted by Gasteiger charge is -2.11. The smallest absolute Gasteiger partial charge is 0.271 e. The van der Waals surface area contributed by atoms with Gasteiger partial charge < -0.3 is 15.0 Å². The first-order valence-electron chi connectivity index (χ1n) is 7.82. The Kier molecular flexibility index (Phi) is 5.52. The van der Waals surface area contributed by atoms with Gasteiger partial charge in [-0.2, -0.15) is 0 Å². The number of halogens is 1. The van der Waals surface area contributed by atoms with Crippen LogP contribution < -0.4 is 10.1 Å². The molecule has 0 aliphatic heterocycles. The van der Waals surface area contributed by atoms with E-state index in [1.807, 2.05) is 18.2 Å². The highest BCUT2D eigenvalue weighted by Crippen LogP contribution is 2.29. The number of methoxy groups -OCH3 is 1. The minimum Gasteiger partial charge on any atom is -0.497 e. The summed E-state index contributed by atoms with van der Waals surface area (Å²) in [5.74, 6) is 0.412. The summed E-state index contributed by atoms with van der Waals surface area (Å²) in [6.45, 7) is 1.73. The normalized spacial score (nSPS) is 12.0. The molecule has 8 nitrogen and oxygen atoms in total. The second-order valence-corrected chi connectivity index (χ2v) is 7.33. The molecule has 0 spiro atoms. The highest BCUT2D eigenvalue weighted by Gasteiger charge is 2.19. The van der Waals surface area contributed by atoms with E-state index >= 15 is 0 Å². The van der Waals surface area contributed by atoms with Crippen LogP contribution in [0.5, 0.6) is 5.75 Å². The summed E-state index contributed by atoms with van der Waals surface area (Å²) in [6.07, 6.45) is 0. The Balaban J connectivity index is 1.69. The largest absolute Gasteiger partial charge is 0.497 e. The molecular weight excluding hydrogens is 392 g/mol. The van der Waals surface area contributed by atoms with Crippen LogP contribution in [0.3, 0.4) is 0 Å². The third-order valence-electron chi connectivity index (χ3n) is 3.75. The highest BCUT2D eigenvalue weighted by atomic mass is 35.5. The van der Waals surface area contributed by atoms with Gasteiger partial charge in [0.1, 0.15) is 5.75 Å². The van der Waals surface area contributed by atoms with Crippen LogP contribution in [0.4, 0.5) is 11.4 Å². The summed E-state index contributed by atoms with van der Waals surface area (Å²) in [5.41, 5.74) is 1.75. The lowest BCUT2D eigenvalue weighted by Crippen LogP contribution is -2.22. The van der Waals surface area contributed by atoms with Gasteiger partial charge in [0, 0.05) is 18.2 Å². The number of rotatable bonds is 6. The first-order valence-corrected chi connectivity index (χ1v) is 9.08. The number of anilines is 1. The third-order valence-corrected chi connectivity index (χ3v) is 5.04. The number of imidazole rings is 1. The fourth-order valence-electron chi connectivity index (χ4n) is 2.32. The fourth-order valence-corrected chi connectivity index (χ4v) is 3.37. The van der Waals surface area contributed by atoms with Crippen LogP contribution in [-0.2, 0) is 4.79 Å². The van der Waals surface area contributed by atoms with Crippen LogP contribution in [0.2, 0.25) is 5.02 Å². The van der Waals surface area contributed by atoms with Crippen LogP contribution in [0.15, 0.2) is 41.6 Å². The molecule has 0 unspecified atom stereocenters. The van der Waals surface area contributed by atoms with E-state index in [2.05, 4.69) is 15.3 Å². The zero-order chi connectivity index (χ0) is 19.6. The van der Waals surface area contributed by atoms with Crippen LogP contribution >= 0.6 is 23.4 Å². The quantitative estimate of drug-likeness (QED) is 0.359. The zero-order valence-electron chi connectivity index (χ0n) is 14.4. The Bertz CT molecular complexity index is 1020. The molecule has 1 aromatic heterocycles. The van der Waals surface area contributed by atoms with Crippen LogP contribution in [0, 0.1) is 10.1 Å². The summed E-state index contributed by atoms with van der Waals surface area (Å²) >= 11 is 7.26.